The second-order valence-corrected chi connectivity index (χ2v) is 6.63. The molecule has 0 fully saturated rings. The van der Waals surface area contributed by atoms with Gasteiger partial charge in [0.2, 0.25) is 0 Å². The molecule has 25 heavy (non-hydrogen) atoms. The number of ether oxygens (including phenoxy) is 2. The van der Waals surface area contributed by atoms with Crippen LogP contribution in [0.2, 0.25) is 0 Å². The number of esters is 1. The zero-order valence-corrected chi connectivity index (χ0v) is 16.2. The average molecular weight is 349 g/mol. The molecule has 0 radical (unpaired) electrons. The molecule has 0 unspecified atom stereocenters. The lowest BCUT2D eigenvalue weighted by Crippen LogP contribution is -2.13. The van der Waals surface area contributed by atoms with Gasteiger partial charge in [0.25, 0.3) is 0 Å². The first-order valence-corrected chi connectivity index (χ1v) is 10.1. The number of benzene rings is 1. The van der Waals surface area contributed by atoms with Crippen LogP contribution in [0.5, 0.6) is 0 Å². The minimum Gasteiger partial charge on any atom is -0.460 e. The monoisotopic (exact) mass is 348 g/mol. The molecular formula is C22H36O3. The fourth-order valence-electron chi connectivity index (χ4n) is 2.84. The topological polar surface area (TPSA) is 35.5 Å². The number of aryl methyl sites for hydroxylation is 1. The van der Waals surface area contributed by atoms with Gasteiger partial charge in [0.05, 0.1) is 12.2 Å². The number of unbranched alkanes of at least 4 members (excludes halogenated alkanes) is 7. The van der Waals surface area contributed by atoms with Crippen LogP contribution in [0.25, 0.3) is 0 Å². The molecule has 142 valence electrons. The van der Waals surface area contributed by atoms with E-state index in [0.29, 0.717) is 18.8 Å². The molecule has 1 aromatic rings. The van der Waals surface area contributed by atoms with Crippen molar-refractivity contribution < 1.29 is 14.3 Å². The molecule has 0 heterocycles. The first-order valence-electron chi connectivity index (χ1n) is 10.1. The van der Waals surface area contributed by atoms with E-state index in [1.54, 1.807) is 0 Å². The Morgan fingerprint density at radius 2 is 1.48 bits per heavy atom. The van der Waals surface area contributed by atoms with Crippen LogP contribution in [0.15, 0.2) is 24.3 Å². The fraction of sp³-hybridized carbons (Fsp3) is 0.682. The van der Waals surface area contributed by atoms with Crippen molar-refractivity contribution in [2.75, 3.05) is 19.8 Å². The molecule has 0 aliphatic rings. The Labute approximate surface area is 154 Å². The second-order valence-electron chi connectivity index (χ2n) is 6.63. The van der Waals surface area contributed by atoms with Crippen LogP contribution in [0.4, 0.5) is 0 Å². The summed E-state index contributed by atoms with van der Waals surface area (Å²) in [6.45, 7) is 5.97. The van der Waals surface area contributed by atoms with Gasteiger partial charge < -0.3 is 9.47 Å². The minimum atomic E-state index is -0.230. The van der Waals surface area contributed by atoms with Gasteiger partial charge >= 0.3 is 5.97 Å². The van der Waals surface area contributed by atoms with Crippen molar-refractivity contribution in [3.63, 3.8) is 0 Å². The molecule has 0 spiro atoms. The Morgan fingerprint density at radius 1 is 0.800 bits per heavy atom. The Balaban J connectivity index is 2.09. The molecule has 1 rings (SSSR count). The standard InChI is InChI=1S/C22H36O3/c1-3-5-7-8-9-10-13-17-24-18-19-25-22(23)21-16-12-11-15-20(21)14-6-4-2/h11-12,15-16H,3-10,13-14,17-19H2,1-2H3. The highest BCUT2D eigenvalue weighted by atomic mass is 16.6. The van der Waals surface area contributed by atoms with Crippen molar-refractivity contribution in [2.24, 2.45) is 0 Å². The van der Waals surface area contributed by atoms with Crippen LogP contribution >= 0.6 is 0 Å². The Bertz CT molecular complexity index is 456. The summed E-state index contributed by atoms with van der Waals surface area (Å²) < 4.78 is 10.9. The lowest BCUT2D eigenvalue weighted by Gasteiger charge is -2.10. The molecule has 0 saturated carbocycles. The summed E-state index contributed by atoms with van der Waals surface area (Å²) in [5.41, 5.74) is 1.78. The smallest absolute Gasteiger partial charge is 0.338 e. The molecule has 0 bridgehead atoms. The Hall–Kier alpha value is -1.35. The summed E-state index contributed by atoms with van der Waals surface area (Å²) >= 11 is 0. The highest BCUT2D eigenvalue weighted by molar-refractivity contribution is 5.91. The van der Waals surface area contributed by atoms with Gasteiger partial charge in [-0.3, -0.25) is 0 Å². The SMILES string of the molecule is CCCCCCCCCOCCOC(=O)c1ccccc1CCCC. The van der Waals surface area contributed by atoms with Crippen molar-refractivity contribution in [1.82, 2.24) is 0 Å². The number of hydrogen-bond acceptors (Lipinski definition) is 3. The third kappa shape index (κ3) is 10.3. The van der Waals surface area contributed by atoms with Gasteiger partial charge in [-0.1, -0.05) is 77.0 Å². The van der Waals surface area contributed by atoms with E-state index in [4.69, 9.17) is 9.47 Å². The van der Waals surface area contributed by atoms with Crippen LogP contribution in [0.3, 0.4) is 0 Å². The lowest BCUT2D eigenvalue weighted by molar-refractivity contribution is 0.0311. The lowest BCUT2D eigenvalue weighted by atomic mass is 10.0. The number of carbonyl (C=O) groups is 1. The summed E-state index contributed by atoms with van der Waals surface area (Å²) in [5, 5.41) is 0. The zero-order valence-electron chi connectivity index (χ0n) is 16.2. The largest absolute Gasteiger partial charge is 0.460 e. The van der Waals surface area contributed by atoms with Crippen LogP contribution in [0.1, 0.15) is 87.6 Å². The number of rotatable bonds is 15. The van der Waals surface area contributed by atoms with Gasteiger partial charge in [-0.25, -0.2) is 4.79 Å². The molecule has 3 nitrogen and oxygen atoms in total. The predicted molar refractivity (Wildman–Crippen MR) is 104 cm³/mol. The maximum absolute atomic E-state index is 12.2. The van der Waals surface area contributed by atoms with Gasteiger partial charge in [0.15, 0.2) is 0 Å². The van der Waals surface area contributed by atoms with E-state index in [-0.39, 0.29) is 5.97 Å². The number of carbonyl (C=O) groups excluding carboxylic acids is 1. The van der Waals surface area contributed by atoms with Crippen LogP contribution in [-0.2, 0) is 15.9 Å². The van der Waals surface area contributed by atoms with Gasteiger partial charge in [-0.2, -0.15) is 0 Å². The van der Waals surface area contributed by atoms with E-state index in [0.717, 1.165) is 37.9 Å². The van der Waals surface area contributed by atoms with Gasteiger partial charge in [0, 0.05) is 6.61 Å². The Morgan fingerprint density at radius 3 is 2.24 bits per heavy atom. The first-order chi connectivity index (χ1) is 12.3. The molecule has 0 aliphatic carbocycles. The highest BCUT2D eigenvalue weighted by Gasteiger charge is 2.11. The molecular weight excluding hydrogens is 312 g/mol. The van der Waals surface area contributed by atoms with Crippen LogP contribution in [0, 0.1) is 0 Å². The molecule has 0 aliphatic heterocycles. The van der Waals surface area contributed by atoms with E-state index in [1.165, 1.54) is 38.5 Å². The number of hydrogen-bond donors (Lipinski definition) is 0. The molecule has 3 heteroatoms. The normalized spacial score (nSPS) is 10.8. The first kappa shape index (κ1) is 21.7. The van der Waals surface area contributed by atoms with E-state index >= 15 is 0 Å². The van der Waals surface area contributed by atoms with Gasteiger partial charge in [-0.05, 0) is 30.9 Å². The second kappa shape index (κ2) is 14.9. The van der Waals surface area contributed by atoms with Crippen LogP contribution in [-0.4, -0.2) is 25.8 Å². The predicted octanol–water partition coefficient (Wildman–Crippen LogP) is 5.95. The van der Waals surface area contributed by atoms with E-state index < -0.39 is 0 Å². The summed E-state index contributed by atoms with van der Waals surface area (Å²) in [6, 6.07) is 7.74. The maximum Gasteiger partial charge on any atom is 0.338 e. The van der Waals surface area contributed by atoms with Crippen molar-refractivity contribution in [3.8, 4) is 0 Å². The fourth-order valence-corrected chi connectivity index (χ4v) is 2.84. The van der Waals surface area contributed by atoms with Gasteiger partial charge in [0.1, 0.15) is 6.61 Å². The van der Waals surface area contributed by atoms with E-state index in [9.17, 15) is 4.79 Å². The summed E-state index contributed by atoms with van der Waals surface area (Å²) in [5.74, 6) is -0.230. The third-order valence-electron chi connectivity index (χ3n) is 4.39. The molecule has 0 saturated heterocycles. The molecule has 0 amide bonds. The summed E-state index contributed by atoms with van der Waals surface area (Å²) in [4.78, 5) is 12.2. The summed E-state index contributed by atoms with van der Waals surface area (Å²) in [7, 11) is 0. The molecule has 0 aromatic heterocycles. The van der Waals surface area contributed by atoms with Crippen molar-refractivity contribution in [1.29, 1.82) is 0 Å². The molecule has 0 N–H and O–H groups in total. The van der Waals surface area contributed by atoms with Crippen molar-refractivity contribution >= 4 is 5.97 Å². The zero-order chi connectivity index (χ0) is 18.2. The quantitative estimate of drug-likeness (QED) is 0.290. The van der Waals surface area contributed by atoms with Crippen molar-refractivity contribution in [2.45, 2.75) is 78.1 Å². The van der Waals surface area contributed by atoms with E-state index in [1.807, 2.05) is 24.3 Å². The molecule has 1 aromatic carbocycles. The van der Waals surface area contributed by atoms with Gasteiger partial charge in [-0.15, -0.1) is 0 Å². The maximum atomic E-state index is 12.2. The average Bonchev–Trinajstić information content (AvgIpc) is 2.64. The molecule has 0 atom stereocenters. The van der Waals surface area contributed by atoms with Crippen molar-refractivity contribution in [3.05, 3.63) is 35.4 Å². The third-order valence-corrected chi connectivity index (χ3v) is 4.39. The summed E-state index contributed by atoms with van der Waals surface area (Å²) in [6.07, 6.45) is 12.1. The Kier molecular flexibility index (Phi) is 13.0. The minimum absolute atomic E-state index is 0.230. The highest BCUT2D eigenvalue weighted by Crippen LogP contribution is 2.13. The van der Waals surface area contributed by atoms with Crippen LogP contribution < -0.4 is 0 Å². The van der Waals surface area contributed by atoms with E-state index in [2.05, 4.69) is 13.8 Å².